The van der Waals surface area contributed by atoms with E-state index in [9.17, 15) is 9.18 Å². The molecule has 4 nitrogen and oxygen atoms in total. The Morgan fingerprint density at radius 2 is 2.27 bits per heavy atom. The topological polar surface area (TPSA) is 69.5 Å². The van der Waals surface area contributed by atoms with Gasteiger partial charge in [0.05, 0.1) is 11.6 Å². The lowest BCUT2D eigenvalue weighted by atomic mass is 10.1. The number of halogens is 1. The van der Waals surface area contributed by atoms with Gasteiger partial charge in [0.25, 0.3) is 0 Å². The van der Waals surface area contributed by atoms with Gasteiger partial charge < -0.3 is 0 Å². The molecule has 6 heteroatoms. The summed E-state index contributed by atoms with van der Waals surface area (Å²) in [7, 11) is 0. The van der Waals surface area contributed by atoms with Crippen LogP contribution in [0, 0.1) is 17.1 Å². The van der Waals surface area contributed by atoms with E-state index in [0.717, 1.165) is 17.4 Å². The zero-order chi connectivity index (χ0) is 10.8. The largest absolute Gasteiger partial charge is 0.322 e. The number of benzene rings is 1. The molecule has 2 aromatic rings. The summed E-state index contributed by atoms with van der Waals surface area (Å²) >= 11 is 0.870. The van der Waals surface area contributed by atoms with Crippen molar-refractivity contribution in [2.45, 2.75) is 0 Å². The lowest BCUT2D eigenvalue weighted by Crippen LogP contribution is -1.90. The number of H-pyrrole nitrogens is 1. The predicted molar refractivity (Wildman–Crippen MR) is 52.8 cm³/mol. The van der Waals surface area contributed by atoms with Gasteiger partial charge in [-0.3, -0.25) is 4.79 Å². The second kappa shape index (κ2) is 3.63. The second-order valence-corrected chi connectivity index (χ2v) is 3.72. The highest BCUT2D eigenvalue weighted by Gasteiger charge is 2.06. The summed E-state index contributed by atoms with van der Waals surface area (Å²) < 4.78 is 13.0. The van der Waals surface area contributed by atoms with E-state index >= 15 is 0 Å². The Kier molecular flexibility index (Phi) is 2.31. The SMILES string of the molecule is N#Cc1cc(F)cc(-c2n[nH]c(=O)s2)c1. The maximum absolute atomic E-state index is 13.0. The van der Waals surface area contributed by atoms with E-state index in [2.05, 4.69) is 10.2 Å². The van der Waals surface area contributed by atoms with Crippen LogP contribution >= 0.6 is 11.3 Å². The molecule has 0 spiro atoms. The molecule has 1 N–H and O–H groups in total. The highest BCUT2D eigenvalue weighted by atomic mass is 32.1. The minimum absolute atomic E-state index is 0.202. The third kappa shape index (κ3) is 1.92. The van der Waals surface area contributed by atoms with Crippen molar-refractivity contribution in [2.24, 2.45) is 0 Å². The van der Waals surface area contributed by atoms with E-state index in [-0.39, 0.29) is 10.4 Å². The molecule has 0 aliphatic carbocycles. The van der Waals surface area contributed by atoms with E-state index in [1.807, 2.05) is 6.07 Å². The summed E-state index contributed by atoms with van der Waals surface area (Å²) in [5.74, 6) is -0.522. The average molecular weight is 221 g/mol. The average Bonchev–Trinajstić information content (AvgIpc) is 2.64. The highest BCUT2D eigenvalue weighted by molar-refractivity contribution is 7.12. The van der Waals surface area contributed by atoms with Crippen LogP contribution in [0.25, 0.3) is 10.6 Å². The van der Waals surface area contributed by atoms with Crippen LogP contribution in [0.1, 0.15) is 5.56 Å². The molecule has 0 amide bonds. The minimum Gasteiger partial charge on any atom is -0.255 e. The third-order valence-electron chi connectivity index (χ3n) is 1.71. The molecule has 0 atom stereocenters. The van der Waals surface area contributed by atoms with Crippen LogP contribution in [-0.2, 0) is 0 Å². The Balaban J connectivity index is 2.59. The van der Waals surface area contributed by atoms with Crippen LogP contribution < -0.4 is 4.87 Å². The Hall–Kier alpha value is -2.00. The molecule has 0 saturated carbocycles. The van der Waals surface area contributed by atoms with Crippen LogP contribution in [0.3, 0.4) is 0 Å². The molecule has 1 aromatic heterocycles. The van der Waals surface area contributed by atoms with Gasteiger partial charge in [0.2, 0.25) is 0 Å². The zero-order valence-corrected chi connectivity index (χ0v) is 8.14. The van der Waals surface area contributed by atoms with Gasteiger partial charge in [-0.05, 0) is 18.2 Å². The first kappa shape index (κ1) is 9.55. The quantitative estimate of drug-likeness (QED) is 0.793. The van der Waals surface area contributed by atoms with Crippen molar-refractivity contribution in [1.29, 1.82) is 5.26 Å². The lowest BCUT2D eigenvalue weighted by molar-refractivity contribution is 0.628. The summed E-state index contributed by atoms with van der Waals surface area (Å²) in [6, 6.07) is 5.67. The normalized spacial score (nSPS) is 9.87. The van der Waals surface area contributed by atoms with Crippen molar-refractivity contribution >= 4 is 11.3 Å². The first-order chi connectivity index (χ1) is 7.19. The number of aromatic amines is 1. The van der Waals surface area contributed by atoms with Crippen molar-refractivity contribution in [3.8, 4) is 16.6 Å². The maximum Gasteiger partial charge on any atom is 0.322 e. The van der Waals surface area contributed by atoms with Crippen molar-refractivity contribution in [1.82, 2.24) is 10.2 Å². The van der Waals surface area contributed by atoms with Crippen LogP contribution in [0.2, 0.25) is 0 Å². The van der Waals surface area contributed by atoms with Crippen molar-refractivity contribution < 1.29 is 4.39 Å². The lowest BCUT2D eigenvalue weighted by Gasteiger charge is -1.96. The van der Waals surface area contributed by atoms with Crippen LogP contribution in [0.4, 0.5) is 4.39 Å². The Bertz CT molecular complexity index is 596. The summed E-state index contributed by atoms with van der Waals surface area (Å²) in [5.41, 5.74) is 0.627. The molecule has 0 saturated heterocycles. The second-order valence-electron chi connectivity index (χ2n) is 2.76. The monoisotopic (exact) mass is 221 g/mol. The van der Waals surface area contributed by atoms with Crippen LogP contribution in [0.15, 0.2) is 23.0 Å². The van der Waals surface area contributed by atoms with E-state index < -0.39 is 5.82 Å². The smallest absolute Gasteiger partial charge is 0.255 e. The number of nitriles is 1. The summed E-state index contributed by atoms with van der Waals surface area (Å²) in [6.07, 6.45) is 0. The molecular weight excluding hydrogens is 217 g/mol. The molecule has 0 radical (unpaired) electrons. The first-order valence-electron chi connectivity index (χ1n) is 3.95. The third-order valence-corrected chi connectivity index (χ3v) is 2.51. The van der Waals surface area contributed by atoms with E-state index in [0.29, 0.717) is 10.6 Å². The molecule has 1 heterocycles. The van der Waals surface area contributed by atoms with E-state index in [1.165, 1.54) is 12.1 Å². The predicted octanol–water partition coefficient (Wildman–Crippen LogP) is 1.51. The summed E-state index contributed by atoms with van der Waals surface area (Å²) in [4.78, 5) is 10.5. The number of hydrogen-bond donors (Lipinski definition) is 1. The van der Waals surface area contributed by atoms with Crippen molar-refractivity contribution in [2.75, 3.05) is 0 Å². The van der Waals surface area contributed by atoms with Gasteiger partial charge in [-0.2, -0.15) is 10.4 Å². The first-order valence-corrected chi connectivity index (χ1v) is 4.77. The Morgan fingerprint density at radius 3 is 2.87 bits per heavy atom. The fourth-order valence-corrected chi connectivity index (χ4v) is 1.72. The van der Waals surface area contributed by atoms with Gasteiger partial charge >= 0.3 is 4.87 Å². The van der Waals surface area contributed by atoms with Gasteiger partial charge in [0.1, 0.15) is 10.8 Å². The molecular formula is C9H4FN3OS. The van der Waals surface area contributed by atoms with E-state index in [4.69, 9.17) is 5.26 Å². The minimum atomic E-state index is -0.522. The number of hydrogen-bond acceptors (Lipinski definition) is 4. The zero-order valence-electron chi connectivity index (χ0n) is 7.32. The van der Waals surface area contributed by atoms with Crippen LogP contribution in [0.5, 0.6) is 0 Å². The fraction of sp³-hybridized carbons (Fsp3) is 0. The molecule has 0 bridgehead atoms. The molecule has 0 unspecified atom stereocenters. The summed E-state index contributed by atoms with van der Waals surface area (Å²) in [5, 5.41) is 14.9. The molecule has 0 fully saturated rings. The Morgan fingerprint density at radius 1 is 1.47 bits per heavy atom. The standard InChI is InChI=1S/C9H4FN3OS/c10-7-2-5(4-11)1-6(3-7)8-12-13-9(14)15-8/h1-3H,(H,13,14). The van der Waals surface area contributed by atoms with Gasteiger partial charge in [-0.15, -0.1) is 0 Å². The summed E-state index contributed by atoms with van der Waals surface area (Å²) in [6.45, 7) is 0. The van der Waals surface area contributed by atoms with Crippen molar-refractivity contribution in [3.05, 3.63) is 39.2 Å². The molecule has 74 valence electrons. The van der Waals surface area contributed by atoms with Crippen molar-refractivity contribution in [3.63, 3.8) is 0 Å². The molecule has 2 rings (SSSR count). The van der Waals surface area contributed by atoms with Gasteiger partial charge in [-0.25, -0.2) is 9.49 Å². The van der Waals surface area contributed by atoms with Gasteiger partial charge in [0, 0.05) is 5.56 Å². The number of rotatable bonds is 1. The highest BCUT2D eigenvalue weighted by Crippen LogP contribution is 2.21. The molecule has 0 aliphatic rings. The molecule has 1 aromatic carbocycles. The number of aromatic nitrogens is 2. The fourth-order valence-electron chi connectivity index (χ4n) is 1.13. The van der Waals surface area contributed by atoms with E-state index in [1.54, 1.807) is 0 Å². The Labute approximate surface area is 87.6 Å². The molecule has 0 aliphatic heterocycles. The van der Waals surface area contributed by atoms with Gasteiger partial charge in [-0.1, -0.05) is 11.3 Å². The molecule has 15 heavy (non-hydrogen) atoms. The number of nitrogens with zero attached hydrogens (tertiary/aromatic N) is 2. The van der Waals surface area contributed by atoms with Gasteiger partial charge in [0.15, 0.2) is 0 Å². The number of nitrogens with one attached hydrogen (secondary N) is 1. The van der Waals surface area contributed by atoms with Crippen LogP contribution in [-0.4, -0.2) is 10.2 Å². The maximum atomic E-state index is 13.0.